The van der Waals surface area contributed by atoms with Crippen LogP contribution in [0, 0.1) is 0 Å². The molecule has 1 amide bonds. The molecule has 0 aliphatic carbocycles. The molecule has 2 aromatic rings. The number of hydrogen-bond acceptors (Lipinski definition) is 4. The summed E-state index contributed by atoms with van der Waals surface area (Å²) in [6, 6.07) is 19.8. The van der Waals surface area contributed by atoms with Crippen molar-refractivity contribution >= 4 is 6.09 Å². The molecular weight excluding hydrogens is 376 g/mol. The van der Waals surface area contributed by atoms with Gasteiger partial charge in [-0.25, -0.2) is 4.79 Å². The fourth-order valence-electron chi connectivity index (χ4n) is 4.12. The zero-order valence-corrected chi connectivity index (χ0v) is 18.7. The van der Waals surface area contributed by atoms with E-state index in [9.17, 15) is 4.79 Å². The van der Waals surface area contributed by atoms with Crippen LogP contribution in [0.15, 0.2) is 60.7 Å². The molecule has 1 heterocycles. The molecule has 5 nitrogen and oxygen atoms in total. The molecule has 2 N–H and O–H groups in total. The third kappa shape index (κ3) is 5.41. The van der Waals surface area contributed by atoms with Gasteiger partial charge in [0.05, 0.1) is 12.1 Å². The van der Waals surface area contributed by atoms with Crippen molar-refractivity contribution in [1.29, 1.82) is 0 Å². The van der Waals surface area contributed by atoms with Crippen LogP contribution in [0.25, 0.3) is 0 Å². The number of amides is 1. The van der Waals surface area contributed by atoms with E-state index < -0.39 is 11.3 Å². The molecule has 0 saturated carbocycles. The summed E-state index contributed by atoms with van der Waals surface area (Å²) in [6.07, 6.45) is 0.641. The van der Waals surface area contributed by atoms with Gasteiger partial charge in [0.2, 0.25) is 0 Å². The number of ether oxygens (including phenoxy) is 2. The van der Waals surface area contributed by atoms with Crippen molar-refractivity contribution in [3.63, 3.8) is 0 Å². The largest absolute Gasteiger partial charge is 0.444 e. The predicted octanol–water partition coefficient (Wildman–Crippen LogP) is 4.54. The van der Waals surface area contributed by atoms with Gasteiger partial charge in [0, 0.05) is 6.04 Å². The molecule has 1 aliphatic heterocycles. The molecule has 30 heavy (non-hydrogen) atoms. The van der Waals surface area contributed by atoms with Crippen molar-refractivity contribution in [1.82, 2.24) is 4.90 Å². The van der Waals surface area contributed by atoms with Crippen LogP contribution in [-0.4, -0.2) is 40.5 Å². The summed E-state index contributed by atoms with van der Waals surface area (Å²) in [6.45, 7) is 9.44. The number of rotatable bonds is 5. The van der Waals surface area contributed by atoms with Crippen LogP contribution in [-0.2, 0) is 22.3 Å². The highest BCUT2D eigenvalue weighted by Gasteiger charge is 2.52. The summed E-state index contributed by atoms with van der Waals surface area (Å²) < 4.78 is 12.2. The minimum absolute atomic E-state index is 0.226. The van der Waals surface area contributed by atoms with Gasteiger partial charge in [-0.05, 0) is 58.6 Å². The minimum Gasteiger partial charge on any atom is -0.444 e. The number of nitrogens with two attached hydrogens (primary N) is 1. The van der Waals surface area contributed by atoms with Gasteiger partial charge in [0.15, 0.2) is 0 Å². The molecule has 2 aromatic carbocycles. The molecule has 0 radical (unpaired) electrons. The molecule has 1 fully saturated rings. The van der Waals surface area contributed by atoms with Crippen molar-refractivity contribution in [3.8, 4) is 0 Å². The topological polar surface area (TPSA) is 64.8 Å². The van der Waals surface area contributed by atoms with Crippen molar-refractivity contribution in [2.24, 2.45) is 5.73 Å². The highest BCUT2D eigenvalue weighted by Crippen LogP contribution is 2.37. The Morgan fingerprint density at radius 3 is 2.13 bits per heavy atom. The normalized spacial score (nSPS) is 22.0. The van der Waals surface area contributed by atoms with E-state index in [1.807, 2.05) is 71.0 Å². The third-order valence-electron chi connectivity index (χ3n) is 5.33. The minimum atomic E-state index is -0.819. The molecule has 0 spiro atoms. The first kappa shape index (κ1) is 22.3. The lowest BCUT2D eigenvalue weighted by Gasteiger charge is -2.35. The van der Waals surface area contributed by atoms with Gasteiger partial charge in [0.25, 0.3) is 0 Å². The smallest absolute Gasteiger partial charge is 0.412 e. The molecular formula is C25H34N2O3. The predicted molar refractivity (Wildman–Crippen MR) is 119 cm³/mol. The highest BCUT2D eigenvalue weighted by molar-refractivity contribution is 5.70. The maximum absolute atomic E-state index is 13.2. The van der Waals surface area contributed by atoms with Crippen LogP contribution in [0.2, 0.25) is 0 Å². The molecule has 162 valence electrons. The average Bonchev–Trinajstić information content (AvgIpc) is 2.92. The maximum Gasteiger partial charge on any atom is 0.412 e. The monoisotopic (exact) mass is 410 g/mol. The summed E-state index contributed by atoms with van der Waals surface area (Å²) in [4.78, 5) is 14.9. The summed E-state index contributed by atoms with van der Waals surface area (Å²) in [5.74, 6) is 0. The second-order valence-electron chi connectivity index (χ2n) is 9.49. The van der Waals surface area contributed by atoms with Crippen LogP contribution >= 0.6 is 0 Å². The van der Waals surface area contributed by atoms with E-state index in [1.165, 1.54) is 0 Å². The van der Waals surface area contributed by atoms with Gasteiger partial charge < -0.3 is 15.2 Å². The van der Waals surface area contributed by atoms with Gasteiger partial charge >= 0.3 is 6.09 Å². The van der Waals surface area contributed by atoms with Gasteiger partial charge in [-0.15, -0.1) is 0 Å². The summed E-state index contributed by atoms with van der Waals surface area (Å²) in [5, 5.41) is 0. The zero-order chi connectivity index (χ0) is 21.9. The molecule has 0 bridgehead atoms. The Labute approximate surface area is 180 Å². The number of nitrogens with zero attached hydrogens (tertiary/aromatic N) is 1. The fraction of sp³-hybridized carbons (Fsp3) is 0.480. The zero-order valence-electron chi connectivity index (χ0n) is 18.7. The molecule has 3 atom stereocenters. The van der Waals surface area contributed by atoms with Crippen LogP contribution in [0.5, 0.6) is 0 Å². The first-order valence-electron chi connectivity index (χ1n) is 10.6. The van der Waals surface area contributed by atoms with Gasteiger partial charge in [0.1, 0.15) is 11.3 Å². The fourth-order valence-corrected chi connectivity index (χ4v) is 4.12. The Hall–Kier alpha value is -2.37. The Morgan fingerprint density at radius 2 is 1.60 bits per heavy atom. The van der Waals surface area contributed by atoms with Gasteiger partial charge in [-0.1, -0.05) is 60.7 Å². The molecule has 0 aromatic heterocycles. The Kier molecular flexibility index (Phi) is 6.53. The molecule has 5 heteroatoms. The quantitative estimate of drug-likeness (QED) is 0.786. The van der Waals surface area contributed by atoms with Gasteiger partial charge in [-0.3, -0.25) is 4.90 Å². The van der Waals surface area contributed by atoms with Crippen molar-refractivity contribution in [2.75, 3.05) is 0 Å². The first-order chi connectivity index (χ1) is 14.1. The molecule has 0 unspecified atom stereocenters. The standard InChI is InChI=1S/C25H34N2O3/c1-24(2,3)30-23(28)27-21(17-19-14-10-7-11-15-19)22(29-25(27,4)5)20(26)16-18-12-8-6-9-13-18/h6-15,20-22H,16-17,26H2,1-5H3/t20-,21-,22-/m1/s1. The van der Waals surface area contributed by atoms with Crippen LogP contribution in [0.3, 0.4) is 0 Å². The number of hydrogen-bond donors (Lipinski definition) is 1. The van der Waals surface area contributed by atoms with E-state index in [2.05, 4.69) is 24.3 Å². The van der Waals surface area contributed by atoms with E-state index in [0.717, 1.165) is 11.1 Å². The van der Waals surface area contributed by atoms with Crippen LogP contribution in [0.1, 0.15) is 45.7 Å². The third-order valence-corrected chi connectivity index (χ3v) is 5.33. The molecule has 1 saturated heterocycles. The van der Waals surface area contributed by atoms with E-state index in [4.69, 9.17) is 15.2 Å². The Morgan fingerprint density at radius 1 is 1.07 bits per heavy atom. The van der Waals surface area contributed by atoms with Crippen molar-refractivity contribution < 1.29 is 14.3 Å². The van der Waals surface area contributed by atoms with Gasteiger partial charge in [-0.2, -0.15) is 0 Å². The summed E-state index contributed by atoms with van der Waals surface area (Å²) >= 11 is 0. The highest BCUT2D eigenvalue weighted by atomic mass is 16.6. The van der Waals surface area contributed by atoms with E-state index >= 15 is 0 Å². The second-order valence-corrected chi connectivity index (χ2v) is 9.49. The average molecular weight is 411 g/mol. The van der Waals surface area contributed by atoms with E-state index in [-0.39, 0.29) is 24.3 Å². The molecule has 3 rings (SSSR count). The Balaban J connectivity index is 1.90. The lowest BCUT2D eigenvalue weighted by molar-refractivity contribution is -0.0825. The van der Waals surface area contributed by atoms with E-state index in [0.29, 0.717) is 12.8 Å². The van der Waals surface area contributed by atoms with Crippen molar-refractivity contribution in [3.05, 3.63) is 71.8 Å². The first-order valence-corrected chi connectivity index (χ1v) is 10.6. The van der Waals surface area contributed by atoms with Crippen LogP contribution < -0.4 is 5.73 Å². The van der Waals surface area contributed by atoms with Crippen molar-refractivity contribution in [2.45, 2.75) is 77.0 Å². The maximum atomic E-state index is 13.2. The Bertz CT molecular complexity index is 830. The SMILES string of the molecule is CC(C)(C)OC(=O)N1[C@H](Cc2ccccc2)[C@@H]([C@H](N)Cc2ccccc2)OC1(C)C. The summed E-state index contributed by atoms with van der Waals surface area (Å²) in [7, 11) is 0. The number of carbonyl (C=O) groups is 1. The number of carbonyl (C=O) groups excluding carboxylic acids is 1. The molecule has 1 aliphatic rings. The second kappa shape index (κ2) is 8.78. The van der Waals surface area contributed by atoms with Crippen LogP contribution in [0.4, 0.5) is 4.79 Å². The van der Waals surface area contributed by atoms with E-state index in [1.54, 1.807) is 4.90 Å². The number of benzene rings is 2. The lowest BCUT2D eigenvalue weighted by atomic mass is 9.93. The summed E-state index contributed by atoms with van der Waals surface area (Å²) in [5.41, 5.74) is 7.54. The lowest BCUT2D eigenvalue weighted by Crippen LogP contribution is -2.52.